The molecule has 8 saturated heterocycles. The number of nitrogens with one attached hydrogen (secondary N) is 2. The molecule has 8 aliphatic heterocycles. The fourth-order valence-electron chi connectivity index (χ4n) is 7.20. The maximum absolute atomic E-state index is 11.2. The van der Waals surface area contributed by atoms with Gasteiger partial charge in [-0.05, 0) is 44.5 Å². The number of allylic oxidation sites excluding steroid dienone is 1. The number of ketones is 1. The maximum Gasteiger partial charge on any atom is 0.281 e. The van der Waals surface area contributed by atoms with E-state index in [0.29, 0.717) is 134 Å². The van der Waals surface area contributed by atoms with E-state index in [2.05, 4.69) is 56.7 Å². The van der Waals surface area contributed by atoms with Crippen molar-refractivity contribution in [2.24, 2.45) is 27.1 Å². The monoisotopic (exact) mass is 1370 g/mol. The van der Waals surface area contributed by atoms with Crippen LogP contribution in [0.25, 0.3) is 0 Å². The summed E-state index contributed by atoms with van der Waals surface area (Å²) >= 11 is 16.6. The Kier molecular flexibility index (Phi) is 38.7. The molecule has 0 bridgehead atoms. The van der Waals surface area contributed by atoms with Crippen LogP contribution in [-0.2, 0) is 109 Å². The summed E-state index contributed by atoms with van der Waals surface area (Å²) in [6.45, 7) is 33.2. The highest BCUT2D eigenvalue weighted by molar-refractivity contribution is 6.18. The van der Waals surface area contributed by atoms with Crippen LogP contribution in [0.15, 0.2) is 88.1 Å². The lowest BCUT2D eigenvalue weighted by Gasteiger charge is -2.48. The Morgan fingerprint density at radius 1 is 0.516 bits per heavy atom. The second-order valence-electron chi connectivity index (χ2n) is 21.5. The molecule has 0 aromatic carbocycles. The van der Waals surface area contributed by atoms with Crippen molar-refractivity contribution in [3.63, 3.8) is 0 Å². The van der Waals surface area contributed by atoms with Gasteiger partial charge in [-0.25, -0.2) is 0 Å². The van der Waals surface area contributed by atoms with E-state index in [-0.39, 0.29) is 92.4 Å². The van der Waals surface area contributed by atoms with Crippen molar-refractivity contribution in [1.82, 2.24) is 10.6 Å². The zero-order chi connectivity index (χ0) is 68.0. The Morgan fingerprint density at radius 2 is 0.824 bits per heavy atom. The van der Waals surface area contributed by atoms with Crippen molar-refractivity contribution in [2.45, 2.75) is 51.1 Å². The quantitative estimate of drug-likeness (QED) is 0.0521. The zero-order valence-corrected chi connectivity index (χ0v) is 54.5. The standard InChI is InChI=1S/C18H27NO8.C9H14Cl2O4.2C9H12O4.C5H12O4.C4H9ClO2.C4H7NO2/c1-5-14(20)7-8-22-16(3)23-9-18(10-24-16)11-25-17(4,26-12-18)27-13-19-15(21)6-2;10-1-7-12-3-9(4-13-7)5-14-8(2-11)15-6-9;2*1-7-10-3-9(4-11-7)5-12-8(2)13-6-9;6-1-5(2-7,3-8)4-9;1-6-4(3-5)7-2;1-2-4(7)5-3-6/h5-6H,1-2,7-13H2,3-4H3,(H,19,21);7-8H,1-6H2;2*1-6H2;6-9H,1-4H2;4H,3H2,1-2H3;2,6H,1,3H2,(H,5,7). The summed E-state index contributed by atoms with van der Waals surface area (Å²) in [5.74, 6) is -0.756. The molecule has 0 aromatic heterocycles. The zero-order valence-electron chi connectivity index (χ0n) is 52.3. The molecule has 8 heterocycles. The molecule has 91 heavy (non-hydrogen) atoms. The van der Waals surface area contributed by atoms with Crippen LogP contribution in [0.3, 0.4) is 0 Å². The summed E-state index contributed by atoms with van der Waals surface area (Å²) in [5, 5.41) is 46.6. The molecule has 0 saturated carbocycles. The topological polar surface area (TPSA) is 361 Å². The predicted octanol–water partition coefficient (Wildman–Crippen LogP) is 2.09. The molecule has 7 N–H and O–H groups in total. The molecule has 0 atom stereocenters. The molecule has 0 unspecified atom stereocenters. The lowest BCUT2D eigenvalue weighted by Crippen LogP contribution is -2.59. The van der Waals surface area contributed by atoms with Gasteiger partial charge in [0.1, 0.15) is 77.1 Å². The fraction of sp³-hybridized carbons (Fsp3) is 0.707. The third-order valence-corrected chi connectivity index (χ3v) is 14.3. The van der Waals surface area contributed by atoms with E-state index in [0.717, 1.165) is 12.2 Å². The van der Waals surface area contributed by atoms with Crippen molar-refractivity contribution in [3.8, 4) is 0 Å². The first kappa shape index (κ1) is 82.5. The summed E-state index contributed by atoms with van der Waals surface area (Å²) in [6.07, 6.45) is 2.85. The number of halogens is 3. The minimum atomic E-state index is -1.28. The SMILES string of the molecule is C=C1OCC2(CO1)COC(=C)OC2.C=C1OCC2(CO1)COC(=C)OC2.C=CC(=O)CCOC1(C)OCC2(CO1)COC(C)(OCNC(=O)C=C)OC2.C=CC(=O)NCO.COC(CCl)OC.ClCC1OCC2(CO1)COC(CCl)OC2.OCC(CO)(CO)CO. The van der Waals surface area contributed by atoms with E-state index in [9.17, 15) is 14.4 Å². The Labute approximate surface area is 545 Å². The number of hydrogen-bond donors (Lipinski definition) is 7. The van der Waals surface area contributed by atoms with Crippen LogP contribution in [0, 0.1) is 27.1 Å². The van der Waals surface area contributed by atoms with Gasteiger partial charge < -0.3 is 131 Å². The lowest BCUT2D eigenvalue weighted by molar-refractivity contribution is -0.456. The van der Waals surface area contributed by atoms with E-state index < -0.39 is 49.2 Å². The number of carbonyl (C=O) groups excluding carboxylic acids is 3. The van der Waals surface area contributed by atoms with Crippen LogP contribution < -0.4 is 10.6 Å². The number of rotatable bonds is 20. The second-order valence-corrected chi connectivity index (χ2v) is 22.4. The molecule has 524 valence electrons. The predicted molar refractivity (Wildman–Crippen MR) is 322 cm³/mol. The number of alkyl halides is 3. The molecule has 4 spiro atoms. The first-order valence-corrected chi connectivity index (χ1v) is 29.7. The summed E-state index contributed by atoms with van der Waals surface area (Å²) < 4.78 is 107. The molecule has 0 aliphatic carbocycles. The van der Waals surface area contributed by atoms with Crippen molar-refractivity contribution in [1.29, 1.82) is 0 Å². The lowest BCUT2D eigenvalue weighted by atomic mass is 9.90. The number of carbonyl (C=O) groups is 3. The molecule has 0 radical (unpaired) electrons. The normalized spacial score (nSPS) is 26.7. The minimum Gasteiger partial charge on any atom is -0.465 e. The van der Waals surface area contributed by atoms with Gasteiger partial charge in [-0.1, -0.05) is 19.7 Å². The Hall–Kier alpha value is -4.62. The van der Waals surface area contributed by atoms with Crippen molar-refractivity contribution in [2.75, 3.05) is 184 Å². The molecule has 8 fully saturated rings. The number of aliphatic hydroxyl groups excluding tert-OH is 5. The molecule has 8 rings (SSSR count). The summed E-state index contributed by atoms with van der Waals surface area (Å²) in [5.41, 5.74) is -2.18. The fourth-order valence-corrected chi connectivity index (χ4v) is 7.81. The molecule has 33 heteroatoms. The van der Waals surface area contributed by atoms with Gasteiger partial charge in [0.15, 0.2) is 24.7 Å². The summed E-state index contributed by atoms with van der Waals surface area (Å²) in [4.78, 5) is 32.4. The summed E-state index contributed by atoms with van der Waals surface area (Å²) in [7, 11) is 3.10. The number of aliphatic hydroxyl groups is 5. The van der Waals surface area contributed by atoms with Gasteiger partial charge in [0, 0.05) is 34.5 Å². The molecular weight excluding hydrogens is 1280 g/mol. The van der Waals surface area contributed by atoms with Gasteiger partial charge >= 0.3 is 0 Å². The van der Waals surface area contributed by atoms with E-state index in [1.807, 2.05) is 0 Å². The molecule has 0 aromatic rings. The highest BCUT2D eigenvalue weighted by Crippen LogP contribution is 2.38. The number of ether oxygens (including phenoxy) is 20. The number of methoxy groups -OCH3 is 2. The molecule has 8 aliphatic rings. The summed E-state index contributed by atoms with van der Waals surface area (Å²) in [6, 6.07) is 0. The Morgan fingerprint density at radius 3 is 1.07 bits per heavy atom. The van der Waals surface area contributed by atoms with Gasteiger partial charge in [0.2, 0.25) is 11.8 Å². The van der Waals surface area contributed by atoms with Gasteiger partial charge in [-0.3, -0.25) is 14.4 Å². The van der Waals surface area contributed by atoms with Crippen LogP contribution in [0.4, 0.5) is 0 Å². The van der Waals surface area contributed by atoms with E-state index in [1.165, 1.54) is 6.08 Å². The average molecular weight is 1370 g/mol. The van der Waals surface area contributed by atoms with Gasteiger partial charge in [0.05, 0.1) is 120 Å². The smallest absolute Gasteiger partial charge is 0.281 e. The second kappa shape index (κ2) is 42.7. The largest absolute Gasteiger partial charge is 0.465 e. The van der Waals surface area contributed by atoms with E-state index in [1.54, 1.807) is 28.1 Å². The highest BCUT2D eigenvalue weighted by atomic mass is 35.5. The van der Waals surface area contributed by atoms with Crippen molar-refractivity contribution >= 4 is 52.4 Å². The van der Waals surface area contributed by atoms with Crippen molar-refractivity contribution < 1.29 is 135 Å². The average Bonchev–Trinajstić information content (AvgIpc) is 0.960. The Bertz CT molecular complexity index is 1960. The number of hydrogen-bond acceptors (Lipinski definition) is 28. The van der Waals surface area contributed by atoms with Crippen LogP contribution in [0.1, 0.15) is 20.3 Å². The third-order valence-electron chi connectivity index (χ3n) is 13.6. The number of amides is 2. The van der Waals surface area contributed by atoms with Crippen LogP contribution in [0.2, 0.25) is 0 Å². The molecule has 2 amide bonds. The molecule has 30 nitrogen and oxygen atoms in total. The van der Waals surface area contributed by atoms with Crippen molar-refractivity contribution in [3.05, 3.63) is 88.1 Å². The first-order chi connectivity index (χ1) is 43.3. The van der Waals surface area contributed by atoms with Crippen LogP contribution in [0.5, 0.6) is 0 Å². The van der Waals surface area contributed by atoms with Crippen LogP contribution >= 0.6 is 34.8 Å². The van der Waals surface area contributed by atoms with Gasteiger partial charge in [-0.15, -0.1) is 34.8 Å². The van der Waals surface area contributed by atoms with Gasteiger partial charge in [0.25, 0.3) is 35.7 Å². The van der Waals surface area contributed by atoms with E-state index >= 15 is 0 Å². The van der Waals surface area contributed by atoms with E-state index in [4.69, 9.17) is 155 Å². The van der Waals surface area contributed by atoms with Crippen LogP contribution in [-0.4, -0.2) is 258 Å². The first-order valence-electron chi connectivity index (χ1n) is 28.1. The Balaban J connectivity index is 0.000000383. The minimum absolute atomic E-state index is 0.0727. The highest BCUT2D eigenvalue weighted by Gasteiger charge is 2.50. The maximum atomic E-state index is 11.2. The third kappa shape index (κ3) is 30.1. The molecular formula is C58H93Cl3N2O28. The van der Waals surface area contributed by atoms with Gasteiger partial charge in [-0.2, -0.15) is 0 Å².